The number of carbonyl (C=O) groups excluding carboxylic acids is 1. The van der Waals surface area contributed by atoms with E-state index in [2.05, 4.69) is 10.6 Å². The van der Waals surface area contributed by atoms with Crippen molar-refractivity contribution in [3.63, 3.8) is 0 Å². The zero-order valence-corrected chi connectivity index (χ0v) is 15.1. The van der Waals surface area contributed by atoms with Crippen LogP contribution in [0.4, 0.5) is 0 Å². The van der Waals surface area contributed by atoms with Crippen molar-refractivity contribution in [2.24, 2.45) is 5.92 Å². The molecule has 0 aromatic heterocycles. The molecule has 24 heavy (non-hydrogen) atoms. The first kappa shape index (κ1) is 19.9. The van der Waals surface area contributed by atoms with E-state index in [4.69, 9.17) is 12.2 Å². The maximum absolute atomic E-state index is 12.1. The molecule has 6 nitrogen and oxygen atoms in total. The molecule has 1 aromatic carbocycles. The van der Waals surface area contributed by atoms with Gasteiger partial charge in [-0.05, 0) is 23.7 Å². The summed E-state index contributed by atoms with van der Waals surface area (Å²) in [6.45, 7) is 4.52. The molecule has 0 aliphatic heterocycles. The van der Waals surface area contributed by atoms with Gasteiger partial charge in [-0.25, -0.2) is 4.79 Å². The highest BCUT2D eigenvalue weighted by molar-refractivity contribution is 7.80. The summed E-state index contributed by atoms with van der Waals surface area (Å²) in [6, 6.07) is 9.02. The van der Waals surface area contributed by atoms with E-state index in [0.717, 1.165) is 5.56 Å². The Morgan fingerprint density at radius 1 is 1.21 bits per heavy atom. The fourth-order valence-electron chi connectivity index (χ4n) is 2.35. The van der Waals surface area contributed by atoms with E-state index in [0.29, 0.717) is 18.2 Å². The van der Waals surface area contributed by atoms with Crippen LogP contribution in [-0.2, 0) is 16.1 Å². The Morgan fingerprint density at radius 3 is 2.38 bits per heavy atom. The average molecular weight is 351 g/mol. The van der Waals surface area contributed by atoms with Crippen molar-refractivity contribution in [3.05, 3.63) is 35.9 Å². The van der Waals surface area contributed by atoms with Gasteiger partial charge in [0.05, 0.1) is 0 Å². The van der Waals surface area contributed by atoms with Crippen LogP contribution in [0.25, 0.3) is 0 Å². The molecule has 7 heteroatoms. The van der Waals surface area contributed by atoms with Crippen molar-refractivity contribution in [2.75, 3.05) is 13.6 Å². The topological polar surface area (TPSA) is 81.7 Å². The number of thiocarbonyl (C=S) groups is 1. The van der Waals surface area contributed by atoms with Crippen molar-refractivity contribution in [3.8, 4) is 0 Å². The summed E-state index contributed by atoms with van der Waals surface area (Å²) >= 11 is 5.16. The number of benzene rings is 1. The molecule has 0 fully saturated rings. The summed E-state index contributed by atoms with van der Waals surface area (Å²) in [4.78, 5) is 24.6. The summed E-state index contributed by atoms with van der Waals surface area (Å²) in [6.07, 6.45) is 0.181. The number of carboxylic acid groups (broad SMARTS) is 1. The molecule has 0 heterocycles. The largest absolute Gasteiger partial charge is 0.480 e. The van der Waals surface area contributed by atoms with Gasteiger partial charge in [-0.15, -0.1) is 0 Å². The molecular weight excluding hydrogens is 326 g/mol. The molecule has 3 N–H and O–H groups in total. The van der Waals surface area contributed by atoms with Gasteiger partial charge in [0.2, 0.25) is 5.91 Å². The van der Waals surface area contributed by atoms with Crippen molar-refractivity contribution < 1.29 is 14.7 Å². The molecule has 0 radical (unpaired) electrons. The van der Waals surface area contributed by atoms with Crippen LogP contribution in [0, 0.1) is 5.92 Å². The molecule has 0 bridgehead atoms. The van der Waals surface area contributed by atoms with Gasteiger partial charge in [0.1, 0.15) is 6.04 Å². The number of carbonyl (C=O) groups is 2. The van der Waals surface area contributed by atoms with Gasteiger partial charge in [-0.2, -0.15) is 0 Å². The first-order valence-corrected chi connectivity index (χ1v) is 8.27. The van der Waals surface area contributed by atoms with E-state index in [1.807, 2.05) is 30.3 Å². The first-order valence-electron chi connectivity index (χ1n) is 7.87. The van der Waals surface area contributed by atoms with Crippen molar-refractivity contribution in [1.29, 1.82) is 0 Å². The van der Waals surface area contributed by atoms with Crippen molar-refractivity contribution >= 4 is 29.2 Å². The molecular formula is C17H25N3O3S. The Bertz CT molecular complexity index is 563. The number of likely N-dealkylation sites (N-methyl/N-ethyl adjacent to an activating group) is 1. The fraction of sp³-hybridized carbons (Fsp3) is 0.471. The zero-order chi connectivity index (χ0) is 18.1. The number of carboxylic acids is 1. The predicted molar refractivity (Wildman–Crippen MR) is 97.5 cm³/mol. The standard InChI is InChI=1S/C17H25N3O3S/c1-12(2)15(16(22)23)20(3)14(21)9-10-18-17(24)19-11-13-7-5-4-6-8-13/h4-8,12,15H,9-11H2,1-3H3,(H,22,23)(H2,18,19,24). The van der Waals surface area contributed by atoms with Crippen LogP contribution in [-0.4, -0.2) is 46.6 Å². The summed E-state index contributed by atoms with van der Waals surface area (Å²) in [5.74, 6) is -1.37. The van der Waals surface area contributed by atoms with Gasteiger partial charge in [0.15, 0.2) is 5.11 Å². The number of hydrogen-bond acceptors (Lipinski definition) is 3. The summed E-state index contributed by atoms with van der Waals surface area (Å²) in [7, 11) is 1.52. The van der Waals surface area contributed by atoms with E-state index >= 15 is 0 Å². The SMILES string of the molecule is CC(C)C(C(=O)O)N(C)C(=O)CCNC(=S)NCc1ccccc1. The lowest BCUT2D eigenvalue weighted by Crippen LogP contribution is -2.46. The van der Waals surface area contributed by atoms with Gasteiger partial charge in [0, 0.05) is 26.6 Å². The van der Waals surface area contributed by atoms with Gasteiger partial charge in [0.25, 0.3) is 0 Å². The number of nitrogens with zero attached hydrogens (tertiary/aromatic N) is 1. The first-order chi connectivity index (χ1) is 11.3. The second-order valence-electron chi connectivity index (χ2n) is 5.88. The normalized spacial score (nSPS) is 11.7. The van der Waals surface area contributed by atoms with Gasteiger partial charge in [-0.3, -0.25) is 4.79 Å². The number of rotatable bonds is 8. The van der Waals surface area contributed by atoms with Crippen LogP contribution in [0.2, 0.25) is 0 Å². The highest BCUT2D eigenvalue weighted by Gasteiger charge is 2.28. The highest BCUT2D eigenvalue weighted by Crippen LogP contribution is 2.10. The average Bonchev–Trinajstić information content (AvgIpc) is 2.53. The van der Waals surface area contributed by atoms with E-state index in [9.17, 15) is 14.7 Å². The van der Waals surface area contributed by atoms with Gasteiger partial charge in [-0.1, -0.05) is 44.2 Å². The van der Waals surface area contributed by atoms with Gasteiger partial charge < -0.3 is 20.6 Å². The number of aliphatic carboxylic acids is 1. The Labute approximate surface area is 148 Å². The second kappa shape index (κ2) is 9.87. The number of amides is 1. The minimum Gasteiger partial charge on any atom is -0.480 e. The Balaban J connectivity index is 2.34. The molecule has 1 unspecified atom stereocenters. The van der Waals surface area contributed by atoms with E-state index in [1.54, 1.807) is 13.8 Å². The Morgan fingerprint density at radius 2 is 1.83 bits per heavy atom. The minimum absolute atomic E-state index is 0.155. The van der Waals surface area contributed by atoms with Crippen LogP contribution < -0.4 is 10.6 Å². The van der Waals surface area contributed by atoms with E-state index in [1.165, 1.54) is 11.9 Å². The number of hydrogen-bond donors (Lipinski definition) is 3. The highest BCUT2D eigenvalue weighted by atomic mass is 32.1. The summed E-state index contributed by atoms with van der Waals surface area (Å²) in [5, 5.41) is 15.7. The van der Waals surface area contributed by atoms with E-state index < -0.39 is 12.0 Å². The maximum atomic E-state index is 12.1. The second-order valence-corrected chi connectivity index (χ2v) is 6.29. The lowest BCUT2D eigenvalue weighted by molar-refractivity contribution is -0.150. The molecule has 0 spiro atoms. The zero-order valence-electron chi connectivity index (χ0n) is 14.3. The van der Waals surface area contributed by atoms with Gasteiger partial charge >= 0.3 is 5.97 Å². The summed E-state index contributed by atoms with van der Waals surface area (Å²) in [5.41, 5.74) is 1.11. The molecule has 0 saturated carbocycles. The van der Waals surface area contributed by atoms with Crippen LogP contribution >= 0.6 is 12.2 Å². The predicted octanol–water partition coefficient (Wildman–Crippen LogP) is 1.61. The van der Waals surface area contributed by atoms with Crippen LogP contribution in [0.3, 0.4) is 0 Å². The Kier molecular flexibility index (Phi) is 8.18. The molecule has 1 atom stereocenters. The number of nitrogens with one attached hydrogen (secondary N) is 2. The molecule has 132 valence electrons. The lowest BCUT2D eigenvalue weighted by Gasteiger charge is -2.27. The van der Waals surface area contributed by atoms with Crippen LogP contribution in [0.1, 0.15) is 25.8 Å². The third-order valence-electron chi connectivity index (χ3n) is 3.62. The fourth-order valence-corrected chi connectivity index (χ4v) is 2.53. The summed E-state index contributed by atoms with van der Waals surface area (Å²) < 4.78 is 0. The quantitative estimate of drug-likeness (QED) is 0.618. The maximum Gasteiger partial charge on any atom is 0.326 e. The van der Waals surface area contributed by atoms with Crippen molar-refractivity contribution in [2.45, 2.75) is 32.9 Å². The molecule has 0 aliphatic rings. The molecule has 0 saturated heterocycles. The smallest absolute Gasteiger partial charge is 0.326 e. The van der Waals surface area contributed by atoms with Crippen LogP contribution in [0.5, 0.6) is 0 Å². The monoisotopic (exact) mass is 351 g/mol. The van der Waals surface area contributed by atoms with Crippen molar-refractivity contribution in [1.82, 2.24) is 15.5 Å². The molecule has 1 rings (SSSR count). The molecule has 0 aliphatic carbocycles. The van der Waals surface area contributed by atoms with E-state index in [-0.39, 0.29) is 18.2 Å². The minimum atomic E-state index is -0.992. The van der Waals surface area contributed by atoms with Crippen LogP contribution in [0.15, 0.2) is 30.3 Å². The lowest BCUT2D eigenvalue weighted by atomic mass is 10.0. The third-order valence-corrected chi connectivity index (χ3v) is 3.90. The molecule has 1 amide bonds. The molecule has 1 aromatic rings. The Hall–Kier alpha value is -2.15. The third kappa shape index (κ3) is 6.54.